The highest BCUT2D eigenvalue weighted by Gasteiger charge is 2.46. The molecule has 3 heterocycles. The van der Waals surface area contributed by atoms with Crippen LogP contribution < -0.4 is 4.74 Å². The van der Waals surface area contributed by atoms with Gasteiger partial charge >= 0.3 is 5.97 Å². The number of benzene rings is 2. The van der Waals surface area contributed by atoms with Crippen LogP contribution in [0.3, 0.4) is 0 Å². The van der Waals surface area contributed by atoms with Crippen LogP contribution >= 0.6 is 0 Å². The first-order valence-corrected chi connectivity index (χ1v) is 9.92. The molecule has 0 aliphatic carbocycles. The van der Waals surface area contributed by atoms with Gasteiger partial charge in [0.05, 0.1) is 5.92 Å². The van der Waals surface area contributed by atoms with Crippen molar-refractivity contribution < 1.29 is 19.4 Å². The number of aromatic nitrogens is 1. The number of hydrogen-bond acceptors (Lipinski definition) is 3. The highest BCUT2D eigenvalue weighted by molar-refractivity contribution is 6.06. The van der Waals surface area contributed by atoms with Crippen LogP contribution in [0.2, 0.25) is 0 Å². The predicted octanol–water partition coefficient (Wildman–Crippen LogP) is 3.79. The molecule has 1 aromatic heterocycles. The van der Waals surface area contributed by atoms with Crippen LogP contribution in [0, 0.1) is 0 Å². The Morgan fingerprint density at radius 1 is 1.07 bits per heavy atom. The van der Waals surface area contributed by atoms with Crippen LogP contribution in [0.25, 0.3) is 10.9 Å². The zero-order valence-electron chi connectivity index (χ0n) is 15.9. The molecule has 2 aliphatic rings. The van der Waals surface area contributed by atoms with Crippen molar-refractivity contribution in [1.29, 1.82) is 0 Å². The van der Waals surface area contributed by atoms with Gasteiger partial charge in [-0.25, -0.2) is 0 Å². The standard InChI is InChI=1S/C23H22N2O4/c26-21(17-5-3-6-19-15(17)8-11-24-19)25-12-9-23(10-13-25)14-18(22(27)28)16-4-1-2-7-20(16)29-23/h1-8,11,18,24H,9-10,12-14H2,(H,27,28). The lowest BCUT2D eigenvalue weighted by molar-refractivity contribution is -0.142. The molecular weight excluding hydrogens is 368 g/mol. The summed E-state index contributed by atoms with van der Waals surface area (Å²) < 4.78 is 6.33. The largest absolute Gasteiger partial charge is 0.487 e. The van der Waals surface area contributed by atoms with E-state index in [1.807, 2.05) is 59.6 Å². The predicted molar refractivity (Wildman–Crippen MR) is 108 cm³/mol. The Balaban J connectivity index is 1.37. The number of hydrogen-bond donors (Lipinski definition) is 2. The number of aliphatic carboxylic acids is 1. The van der Waals surface area contributed by atoms with Gasteiger partial charge < -0.3 is 19.7 Å². The maximum absolute atomic E-state index is 13.1. The van der Waals surface area contributed by atoms with Gasteiger partial charge in [0, 0.05) is 60.6 Å². The van der Waals surface area contributed by atoms with Crippen molar-refractivity contribution in [2.75, 3.05) is 13.1 Å². The van der Waals surface area contributed by atoms with E-state index in [1.54, 1.807) is 0 Å². The zero-order valence-corrected chi connectivity index (χ0v) is 15.9. The topological polar surface area (TPSA) is 82.6 Å². The number of carboxylic acid groups (broad SMARTS) is 1. The van der Waals surface area contributed by atoms with Gasteiger partial charge in [0.2, 0.25) is 0 Å². The van der Waals surface area contributed by atoms with Gasteiger partial charge in [-0.05, 0) is 24.3 Å². The van der Waals surface area contributed by atoms with Crippen molar-refractivity contribution >= 4 is 22.8 Å². The van der Waals surface area contributed by atoms with Gasteiger partial charge in [-0.3, -0.25) is 9.59 Å². The zero-order chi connectivity index (χ0) is 20.0. The van der Waals surface area contributed by atoms with E-state index in [2.05, 4.69) is 4.98 Å². The first-order chi connectivity index (χ1) is 14.1. The molecule has 5 rings (SSSR count). The van der Waals surface area contributed by atoms with Gasteiger partial charge in [-0.15, -0.1) is 0 Å². The molecule has 1 fully saturated rings. The van der Waals surface area contributed by atoms with Crippen LogP contribution in [0.4, 0.5) is 0 Å². The highest BCUT2D eigenvalue weighted by atomic mass is 16.5. The van der Waals surface area contributed by atoms with Gasteiger partial charge in [0.25, 0.3) is 5.91 Å². The van der Waals surface area contributed by atoms with Crippen molar-refractivity contribution in [2.45, 2.75) is 30.8 Å². The molecule has 2 aromatic carbocycles. The molecule has 0 bridgehead atoms. The number of nitrogens with one attached hydrogen (secondary N) is 1. The number of carboxylic acids is 1. The summed E-state index contributed by atoms with van der Waals surface area (Å²) in [5.41, 5.74) is 1.84. The maximum Gasteiger partial charge on any atom is 0.311 e. The lowest BCUT2D eigenvalue weighted by Crippen LogP contribution is -2.52. The molecule has 1 amide bonds. The minimum absolute atomic E-state index is 0.0102. The fourth-order valence-electron chi connectivity index (χ4n) is 4.70. The molecule has 29 heavy (non-hydrogen) atoms. The van der Waals surface area contributed by atoms with E-state index >= 15 is 0 Å². The number of amides is 1. The molecule has 1 unspecified atom stereocenters. The molecule has 6 heteroatoms. The summed E-state index contributed by atoms with van der Waals surface area (Å²) in [6.07, 6.45) is 3.53. The Morgan fingerprint density at radius 2 is 1.86 bits per heavy atom. The second-order valence-electron chi connectivity index (χ2n) is 7.95. The number of H-pyrrole nitrogens is 1. The summed E-state index contributed by atoms with van der Waals surface area (Å²) >= 11 is 0. The van der Waals surface area contributed by atoms with Crippen LogP contribution in [0.1, 0.15) is 41.1 Å². The number of fused-ring (bicyclic) bond motifs is 2. The summed E-state index contributed by atoms with van der Waals surface area (Å²) in [5, 5.41) is 10.7. The van der Waals surface area contributed by atoms with E-state index in [0.29, 0.717) is 43.7 Å². The third-order valence-electron chi connectivity index (χ3n) is 6.28. The number of likely N-dealkylation sites (tertiary alicyclic amines) is 1. The normalized spacial score (nSPS) is 20.3. The second-order valence-corrected chi connectivity index (χ2v) is 7.95. The van der Waals surface area contributed by atoms with Crippen molar-refractivity contribution in [3.8, 4) is 5.75 Å². The molecule has 1 saturated heterocycles. The van der Waals surface area contributed by atoms with E-state index in [1.165, 1.54) is 0 Å². The lowest BCUT2D eigenvalue weighted by atomic mass is 9.77. The SMILES string of the molecule is O=C(O)C1CC2(CCN(C(=O)c3cccc4[nH]ccc34)CC2)Oc2ccccc21. The third-order valence-corrected chi connectivity index (χ3v) is 6.28. The maximum atomic E-state index is 13.1. The fourth-order valence-corrected chi connectivity index (χ4v) is 4.70. The Labute approximate surface area is 168 Å². The van der Waals surface area contributed by atoms with Crippen molar-refractivity contribution in [3.63, 3.8) is 0 Å². The van der Waals surface area contributed by atoms with Gasteiger partial charge in [0.1, 0.15) is 11.4 Å². The number of carbonyl (C=O) groups is 2. The number of para-hydroxylation sites is 1. The monoisotopic (exact) mass is 390 g/mol. The minimum atomic E-state index is -0.822. The van der Waals surface area contributed by atoms with Crippen molar-refractivity contribution in [3.05, 3.63) is 65.9 Å². The average Bonchev–Trinajstić information content (AvgIpc) is 3.22. The van der Waals surface area contributed by atoms with E-state index < -0.39 is 17.5 Å². The van der Waals surface area contributed by atoms with Gasteiger partial charge in [-0.1, -0.05) is 24.3 Å². The highest BCUT2D eigenvalue weighted by Crippen LogP contribution is 2.45. The summed E-state index contributed by atoms with van der Waals surface area (Å²) in [4.78, 5) is 30.0. The van der Waals surface area contributed by atoms with Crippen LogP contribution in [0.5, 0.6) is 5.75 Å². The first kappa shape index (κ1) is 17.8. The molecule has 1 spiro atoms. The first-order valence-electron chi connectivity index (χ1n) is 9.92. The quantitative estimate of drug-likeness (QED) is 0.697. The van der Waals surface area contributed by atoms with Gasteiger partial charge in [-0.2, -0.15) is 0 Å². The van der Waals surface area contributed by atoms with E-state index in [9.17, 15) is 14.7 Å². The second kappa shape index (κ2) is 6.65. The molecule has 148 valence electrons. The van der Waals surface area contributed by atoms with Crippen LogP contribution in [-0.4, -0.2) is 45.6 Å². The van der Waals surface area contributed by atoms with E-state index in [0.717, 1.165) is 16.5 Å². The third kappa shape index (κ3) is 2.95. The van der Waals surface area contributed by atoms with Crippen molar-refractivity contribution in [2.24, 2.45) is 0 Å². The van der Waals surface area contributed by atoms with E-state index in [-0.39, 0.29) is 5.91 Å². The molecule has 0 saturated carbocycles. The fraction of sp³-hybridized carbons (Fsp3) is 0.304. The summed E-state index contributed by atoms with van der Waals surface area (Å²) in [6, 6.07) is 15.0. The Morgan fingerprint density at radius 3 is 2.66 bits per heavy atom. The number of ether oxygens (including phenoxy) is 1. The van der Waals surface area contributed by atoms with Crippen molar-refractivity contribution in [1.82, 2.24) is 9.88 Å². The van der Waals surface area contributed by atoms with Crippen LogP contribution in [-0.2, 0) is 4.79 Å². The smallest absolute Gasteiger partial charge is 0.311 e. The number of rotatable bonds is 2. The summed E-state index contributed by atoms with van der Waals surface area (Å²) in [7, 11) is 0. The Kier molecular flexibility index (Phi) is 4.08. The van der Waals surface area contributed by atoms with Crippen LogP contribution in [0.15, 0.2) is 54.7 Å². The molecule has 6 nitrogen and oxygen atoms in total. The summed E-state index contributed by atoms with van der Waals surface area (Å²) in [5.74, 6) is -0.729. The number of nitrogens with zero attached hydrogens (tertiary/aromatic N) is 1. The van der Waals surface area contributed by atoms with Gasteiger partial charge in [0.15, 0.2) is 0 Å². The number of aromatic amines is 1. The number of carbonyl (C=O) groups excluding carboxylic acids is 1. The average molecular weight is 390 g/mol. The molecule has 0 radical (unpaired) electrons. The lowest BCUT2D eigenvalue weighted by Gasteiger charge is -2.46. The Bertz CT molecular complexity index is 1090. The molecule has 1 atom stereocenters. The number of piperidine rings is 1. The molecular formula is C23H22N2O4. The Hall–Kier alpha value is -3.28. The van der Waals surface area contributed by atoms with E-state index in [4.69, 9.17) is 4.74 Å². The minimum Gasteiger partial charge on any atom is -0.487 e. The summed E-state index contributed by atoms with van der Waals surface area (Å²) in [6.45, 7) is 1.10. The molecule has 2 aliphatic heterocycles. The molecule has 2 N–H and O–H groups in total. The molecule has 3 aromatic rings.